The predicted molar refractivity (Wildman–Crippen MR) is 81.1 cm³/mol. The molecule has 0 unspecified atom stereocenters. The smallest absolute Gasteiger partial charge is 0.259 e. The third-order valence-electron chi connectivity index (χ3n) is 2.82. The van der Waals surface area contributed by atoms with Gasteiger partial charge in [-0.15, -0.1) is 0 Å². The summed E-state index contributed by atoms with van der Waals surface area (Å²) in [5.74, 6) is -1.70. The number of para-hydroxylation sites is 1. The lowest BCUT2D eigenvalue weighted by molar-refractivity contribution is -0.119. The van der Waals surface area contributed by atoms with Crippen LogP contribution in [0.25, 0.3) is 0 Å². The van der Waals surface area contributed by atoms with Gasteiger partial charge in [-0.2, -0.15) is 0 Å². The summed E-state index contributed by atoms with van der Waals surface area (Å²) >= 11 is 3.20. The lowest BCUT2D eigenvalue weighted by Crippen LogP contribution is -2.32. The Bertz CT molecular complexity index is 704. The number of nitrogens with one attached hydrogen (secondary N) is 1. The summed E-state index contributed by atoms with van der Waals surface area (Å²) in [7, 11) is 0. The van der Waals surface area contributed by atoms with Crippen LogP contribution < -0.4 is 11.1 Å². The first-order valence-electron chi connectivity index (χ1n) is 6.10. The molecule has 0 heterocycles. The van der Waals surface area contributed by atoms with Crippen LogP contribution in [0.5, 0.6) is 0 Å². The molecule has 3 N–H and O–H groups in total. The van der Waals surface area contributed by atoms with E-state index in [0.717, 1.165) is 0 Å². The number of rotatable bonds is 3. The zero-order valence-electron chi connectivity index (χ0n) is 10.9. The van der Waals surface area contributed by atoms with E-state index >= 15 is 0 Å². The maximum absolute atomic E-state index is 13.5. The van der Waals surface area contributed by atoms with Crippen molar-refractivity contribution in [1.29, 1.82) is 0 Å². The molecule has 0 fully saturated rings. The van der Waals surface area contributed by atoms with Crippen molar-refractivity contribution < 1.29 is 14.0 Å². The number of halogens is 2. The molecule has 0 atom stereocenters. The fraction of sp³-hybridized carbons (Fsp3) is 0.0667. The Morgan fingerprint density at radius 1 is 1.19 bits per heavy atom. The van der Waals surface area contributed by atoms with Crippen LogP contribution >= 0.6 is 15.9 Å². The lowest BCUT2D eigenvalue weighted by Gasteiger charge is -2.07. The number of benzene rings is 2. The number of nitrogens with two attached hydrogens (primary N) is 1. The lowest BCUT2D eigenvalue weighted by atomic mass is 10.1. The van der Waals surface area contributed by atoms with Crippen molar-refractivity contribution in [3.05, 3.63) is 63.9 Å². The number of carbonyl (C=O) groups excluding carboxylic acids is 2. The van der Waals surface area contributed by atoms with Crippen molar-refractivity contribution in [1.82, 2.24) is 5.32 Å². The van der Waals surface area contributed by atoms with E-state index in [-0.39, 0.29) is 23.2 Å². The third-order valence-corrected chi connectivity index (χ3v) is 3.31. The fourth-order valence-electron chi connectivity index (χ4n) is 1.79. The summed E-state index contributed by atoms with van der Waals surface area (Å²) in [4.78, 5) is 23.7. The second kappa shape index (κ2) is 6.49. The summed E-state index contributed by atoms with van der Waals surface area (Å²) in [6, 6.07) is 10.7. The number of nitrogen functional groups attached to an aromatic ring is 1. The molecule has 0 bridgehead atoms. The Hall–Kier alpha value is -2.21. The molecular weight excluding hydrogens is 339 g/mol. The topological polar surface area (TPSA) is 72.2 Å². The summed E-state index contributed by atoms with van der Waals surface area (Å²) in [5.41, 5.74) is 6.34. The SMILES string of the molecule is Nc1ccccc1C(=O)NC(=O)Cc1cc(Br)ccc1F. The molecule has 0 saturated heterocycles. The van der Waals surface area contributed by atoms with Crippen molar-refractivity contribution in [2.45, 2.75) is 6.42 Å². The molecule has 0 aromatic heterocycles. The zero-order chi connectivity index (χ0) is 15.4. The summed E-state index contributed by atoms with van der Waals surface area (Å²) in [6.45, 7) is 0. The Kier molecular flexibility index (Phi) is 4.70. The molecule has 0 aliphatic heterocycles. The number of hydrogen-bond donors (Lipinski definition) is 2. The summed E-state index contributed by atoms with van der Waals surface area (Å²) in [6.07, 6.45) is -0.232. The molecule has 0 aliphatic carbocycles. The van der Waals surface area contributed by atoms with Gasteiger partial charge in [0.2, 0.25) is 5.91 Å². The van der Waals surface area contributed by atoms with Gasteiger partial charge in [0.15, 0.2) is 0 Å². The van der Waals surface area contributed by atoms with Gasteiger partial charge in [-0.3, -0.25) is 14.9 Å². The van der Waals surface area contributed by atoms with Gasteiger partial charge < -0.3 is 5.73 Å². The van der Waals surface area contributed by atoms with E-state index in [1.807, 2.05) is 0 Å². The third kappa shape index (κ3) is 3.88. The first kappa shape index (κ1) is 15.2. The number of anilines is 1. The first-order chi connectivity index (χ1) is 9.97. The monoisotopic (exact) mass is 350 g/mol. The van der Waals surface area contributed by atoms with Crippen LogP contribution in [-0.2, 0) is 11.2 Å². The molecule has 4 nitrogen and oxygen atoms in total. The van der Waals surface area contributed by atoms with Gasteiger partial charge in [-0.1, -0.05) is 28.1 Å². The van der Waals surface area contributed by atoms with Crippen LogP contribution in [-0.4, -0.2) is 11.8 Å². The number of carbonyl (C=O) groups is 2. The first-order valence-corrected chi connectivity index (χ1v) is 6.89. The maximum Gasteiger partial charge on any atom is 0.259 e. The minimum atomic E-state index is -0.603. The Morgan fingerprint density at radius 3 is 2.62 bits per heavy atom. The second-order valence-electron chi connectivity index (χ2n) is 4.38. The van der Waals surface area contributed by atoms with E-state index in [9.17, 15) is 14.0 Å². The van der Waals surface area contributed by atoms with Crippen LogP contribution in [0.4, 0.5) is 10.1 Å². The van der Waals surface area contributed by atoms with E-state index in [4.69, 9.17) is 5.73 Å². The minimum Gasteiger partial charge on any atom is -0.398 e. The van der Waals surface area contributed by atoms with Crippen molar-refractivity contribution >= 4 is 33.4 Å². The van der Waals surface area contributed by atoms with E-state index in [0.29, 0.717) is 4.47 Å². The minimum absolute atomic E-state index is 0.204. The summed E-state index contributed by atoms with van der Waals surface area (Å²) < 4.78 is 14.2. The van der Waals surface area contributed by atoms with Gasteiger partial charge >= 0.3 is 0 Å². The van der Waals surface area contributed by atoms with E-state index in [1.54, 1.807) is 18.2 Å². The molecule has 6 heteroatoms. The van der Waals surface area contributed by atoms with Crippen LogP contribution in [0.1, 0.15) is 15.9 Å². The zero-order valence-corrected chi connectivity index (χ0v) is 12.5. The molecule has 21 heavy (non-hydrogen) atoms. The van der Waals surface area contributed by atoms with Gasteiger partial charge in [-0.05, 0) is 35.9 Å². The normalized spacial score (nSPS) is 10.2. The van der Waals surface area contributed by atoms with Gasteiger partial charge in [0.1, 0.15) is 5.82 Å². The van der Waals surface area contributed by atoms with Crippen LogP contribution in [0, 0.1) is 5.82 Å². The molecule has 0 aliphatic rings. The molecular formula is C15H12BrFN2O2. The molecule has 0 saturated carbocycles. The van der Waals surface area contributed by atoms with E-state index < -0.39 is 17.6 Å². The average molecular weight is 351 g/mol. The Morgan fingerprint density at radius 2 is 1.90 bits per heavy atom. The van der Waals surface area contributed by atoms with Crippen molar-refractivity contribution in [3.63, 3.8) is 0 Å². The number of amides is 2. The fourth-order valence-corrected chi connectivity index (χ4v) is 2.20. The van der Waals surface area contributed by atoms with Gasteiger partial charge in [0, 0.05) is 10.2 Å². The van der Waals surface area contributed by atoms with Crippen molar-refractivity contribution in [3.8, 4) is 0 Å². The Balaban J connectivity index is 2.07. The summed E-state index contributed by atoms with van der Waals surface area (Å²) in [5, 5.41) is 2.19. The molecule has 2 rings (SSSR count). The van der Waals surface area contributed by atoms with Gasteiger partial charge in [-0.25, -0.2) is 4.39 Å². The highest BCUT2D eigenvalue weighted by atomic mass is 79.9. The van der Waals surface area contributed by atoms with Gasteiger partial charge in [0.05, 0.1) is 12.0 Å². The number of hydrogen-bond acceptors (Lipinski definition) is 3. The molecule has 2 amide bonds. The molecule has 2 aromatic rings. The van der Waals surface area contributed by atoms with Crippen molar-refractivity contribution in [2.75, 3.05) is 5.73 Å². The highest BCUT2D eigenvalue weighted by Crippen LogP contribution is 2.16. The van der Waals surface area contributed by atoms with Gasteiger partial charge in [0.25, 0.3) is 5.91 Å². The van der Waals surface area contributed by atoms with Crippen LogP contribution in [0.15, 0.2) is 46.9 Å². The molecule has 108 valence electrons. The van der Waals surface area contributed by atoms with E-state index in [1.165, 1.54) is 24.3 Å². The maximum atomic E-state index is 13.5. The largest absolute Gasteiger partial charge is 0.398 e. The van der Waals surface area contributed by atoms with Crippen molar-refractivity contribution in [2.24, 2.45) is 0 Å². The number of imide groups is 1. The molecule has 0 spiro atoms. The quantitative estimate of drug-likeness (QED) is 0.836. The second-order valence-corrected chi connectivity index (χ2v) is 5.29. The highest BCUT2D eigenvalue weighted by molar-refractivity contribution is 9.10. The van der Waals surface area contributed by atoms with E-state index in [2.05, 4.69) is 21.2 Å². The standard InChI is InChI=1S/C15H12BrFN2O2/c16-10-5-6-12(17)9(7-10)8-14(20)19-15(21)11-3-1-2-4-13(11)18/h1-7H,8,18H2,(H,19,20,21). The predicted octanol–water partition coefficient (Wildman–Crippen LogP) is 2.67. The molecule has 2 aromatic carbocycles. The average Bonchev–Trinajstić information content (AvgIpc) is 2.43. The highest BCUT2D eigenvalue weighted by Gasteiger charge is 2.14. The Labute approximate surface area is 129 Å². The molecule has 0 radical (unpaired) electrons. The van der Waals surface area contributed by atoms with Crippen LogP contribution in [0.3, 0.4) is 0 Å². The van der Waals surface area contributed by atoms with Crippen LogP contribution in [0.2, 0.25) is 0 Å².